The number of nitrogens with zero attached hydrogens (tertiary/aromatic N) is 3. The number of aliphatic hydroxyl groups is 5. The van der Waals surface area contributed by atoms with Gasteiger partial charge >= 0.3 is 0 Å². The minimum absolute atomic E-state index is 0.498. The largest absolute Gasteiger partial charge is 0.394 e. The molecule has 0 aromatic rings. The number of rotatable bonds is 5. The number of aliphatic hydroxyl groups excluding tert-OH is 5. The molecule has 2 heterocycles. The molecule has 5 N–H and O–H groups in total. The van der Waals surface area contributed by atoms with Crippen molar-refractivity contribution in [3.8, 4) is 0 Å². The summed E-state index contributed by atoms with van der Waals surface area (Å²) in [6.07, 6.45) is -8.64. The molecule has 0 radical (unpaired) electrons. The molecule has 4 unspecified atom stereocenters. The fraction of sp³-hybridized carbons (Fsp3) is 1.00. The van der Waals surface area contributed by atoms with Crippen LogP contribution in [0.15, 0.2) is 5.11 Å². The minimum Gasteiger partial charge on any atom is -0.394 e. The van der Waals surface area contributed by atoms with Crippen LogP contribution in [-0.2, 0) is 14.2 Å². The van der Waals surface area contributed by atoms with Crippen LogP contribution in [0.5, 0.6) is 0 Å². The maximum atomic E-state index is 10.5. The summed E-state index contributed by atoms with van der Waals surface area (Å²) in [6, 6.07) is 0. The highest BCUT2D eigenvalue weighted by Gasteiger charge is 2.48. The second kappa shape index (κ2) is 8.58. The van der Waals surface area contributed by atoms with Crippen LogP contribution >= 0.6 is 0 Å². The molecule has 0 aromatic carbocycles. The second-order valence-corrected chi connectivity index (χ2v) is 6.47. The Bertz CT molecular complexity index is 487. The van der Waals surface area contributed by atoms with E-state index in [1.165, 1.54) is 0 Å². The van der Waals surface area contributed by atoms with Gasteiger partial charge in [-0.2, -0.15) is 0 Å². The van der Waals surface area contributed by atoms with Crippen LogP contribution in [0.25, 0.3) is 10.4 Å². The van der Waals surface area contributed by atoms with E-state index in [0.717, 1.165) is 0 Å². The Balaban J connectivity index is 2.15. The van der Waals surface area contributed by atoms with E-state index in [1.807, 2.05) is 0 Å². The smallest absolute Gasteiger partial charge is 0.163 e. The van der Waals surface area contributed by atoms with E-state index in [0.29, 0.717) is 0 Å². The summed E-state index contributed by atoms with van der Waals surface area (Å²) in [5.41, 5.74) is 8.56. The lowest BCUT2D eigenvalue weighted by Gasteiger charge is -2.46. The molecule has 11 heteroatoms. The van der Waals surface area contributed by atoms with Crippen LogP contribution in [0, 0.1) is 11.8 Å². The SMILES string of the molecule is CC1[C@H](O[C@@H]2C(CO)O[C@@H](N=[N+]=[N-])C(C)[C@H]2O)OC(CO)[C@@H](O)[C@@H]1O. The van der Waals surface area contributed by atoms with E-state index in [1.54, 1.807) is 13.8 Å². The Morgan fingerprint density at radius 2 is 1.60 bits per heavy atom. The third-order valence-corrected chi connectivity index (χ3v) is 4.83. The van der Waals surface area contributed by atoms with Crippen molar-refractivity contribution in [2.45, 2.75) is 63.0 Å². The first-order chi connectivity index (χ1) is 11.8. The minimum atomic E-state index is -1.27. The van der Waals surface area contributed by atoms with Gasteiger partial charge in [-0.3, -0.25) is 0 Å². The highest BCUT2D eigenvalue weighted by molar-refractivity contribution is 4.93. The van der Waals surface area contributed by atoms with Gasteiger partial charge in [0.1, 0.15) is 30.6 Å². The molecule has 0 saturated carbocycles. The number of ether oxygens (including phenoxy) is 3. The molecule has 2 rings (SSSR count). The molecule has 0 aromatic heterocycles. The predicted octanol–water partition coefficient (Wildman–Crippen LogP) is -1.53. The Morgan fingerprint density at radius 3 is 2.16 bits per heavy atom. The summed E-state index contributed by atoms with van der Waals surface area (Å²) in [7, 11) is 0. The van der Waals surface area contributed by atoms with Crippen molar-refractivity contribution in [2.75, 3.05) is 13.2 Å². The lowest BCUT2D eigenvalue weighted by molar-refractivity contribution is -0.326. The molecule has 0 aliphatic carbocycles. The van der Waals surface area contributed by atoms with Gasteiger partial charge in [-0.1, -0.05) is 19.0 Å². The van der Waals surface area contributed by atoms with Crippen LogP contribution in [0.2, 0.25) is 0 Å². The van der Waals surface area contributed by atoms with Gasteiger partial charge in [-0.05, 0) is 5.53 Å². The van der Waals surface area contributed by atoms with Crippen molar-refractivity contribution in [2.24, 2.45) is 17.0 Å². The molecular formula is C14H25N3O8. The van der Waals surface area contributed by atoms with Crippen molar-refractivity contribution < 1.29 is 39.7 Å². The maximum absolute atomic E-state index is 10.5. The quantitative estimate of drug-likeness (QED) is 0.222. The van der Waals surface area contributed by atoms with Crippen LogP contribution in [0.3, 0.4) is 0 Å². The van der Waals surface area contributed by atoms with Gasteiger partial charge in [0.05, 0.1) is 25.4 Å². The summed E-state index contributed by atoms with van der Waals surface area (Å²) >= 11 is 0. The summed E-state index contributed by atoms with van der Waals surface area (Å²) < 4.78 is 16.7. The molecule has 144 valence electrons. The van der Waals surface area contributed by atoms with Crippen LogP contribution in [0.1, 0.15) is 13.8 Å². The Morgan fingerprint density at radius 1 is 0.960 bits per heavy atom. The molecule has 0 bridgehead atoms. The first kappa shape index (κ1) is 20.3. The average molecular weight is 363 g/mol. The number of hydrogen-bond donors (Lipinski definition) is 5. The Labute approximate surface area is 144 Å². The topological polar surface area (TPSA) is 178 Å². The van der Waals surface area contributed by atoms with Crippen molar-refractivity contribution >= 4 is 0 Å². The lowest BCUT2D eigenvalue weighted by Crippen LogP contribution is -2.60. The predicted molar refractivity (Wildman–Crippen MR) is 81.9 cm³/mol. The van der Waals surface area contributed by atoms with E-state index >= 15 is 0 Å². The van der Waals surface area contributed by atoms with E-state index in [9.17, 15) is 25.5 Å². The van der Waals surface area contributed by atoms with Crippen molar-refractivity contribution in [3.63, 3.8) is 0 Å². The molecule has 10 atom stereocenters. The van der Waals surface area contributed by atoms with E-state index in [2.05, 4.69) is 10.0 Å². The van der Waals surface area contributed by atoms with Gasteiger partial charge in [-0.15, -0.1) is 0 Å². The summed E-state index contributed by atoms with van der Waals surface area (Å²) in [5, 5.41) is 52.7. The first-order valence-corrected chi connectivity index (χ1v) is 8.12. The molecule has 0 spiro atoms. The number of hydrogen-bond acceptors (Lipinski definition) is 9. The Kier molecular flexibility index (Phi) is 6.97. The summed E-state index contributed by atoms with van der Waals surface area (Å²) in [5.74, 6) is -1.26. The average Bonchev–Trinajstić information content (AvgIpc) is 2.61. The summed E-state index contributed by atoms with van der Waals surface area (Å²) in [6.45, 7) is 2.17. The highest BCUT2D eigenvalue weighted by atomic mass is 16.7. The summed E-state index contributed by atoms with van der Waals surface area (Å²) in [4.78, 5) is 2.66. The van der Waals surface area contributed by atoms with Gasteiger partial charge < -0.3 is 39.7 Å². The normalized spacial score (nSPS) is 48.0. The standard InChI is InChI=1S/C14H25N3O8/c1-5-10(21)12(8(4-19)23-13(5)16-17-15)25-14-6(2)9(20)11(22)7(3-18)24-14/h5-14,18-22H,3-4H2,1-2H3/t5?,6?,7?,8?,9-,10-,11-,12-,13-,14+/m1/s1. The fourth-order valence-corrected chi connectivity index (χ4v) is 3.10. The van der Waals surface area contributed by atoms with Crippen molar-refractivity contribution in [1.29, 1.82) is 0 Å². The monoisotopic (exact) mass is 363 g/mol. The molecule has 2 saturated heterocycles. The van der Waals surface area contributed by atoms with Crippen LogP contribution < -0.4 is 0 Å². The lowest BCUT2D eigenvalue weighted by atomic mass is 9.90. The Hall–Kier alpha value is -1.01. The second-order valence-electron chi connectivity index (χ2n) is 6.47. The van der Waals surface area contributed by atoms with Crippen LogP contribution in [-0.4, -0.2) is 87.9 Å². The highest BCUT2D eigenvalue weighted by Crippen LogP contribution is 2.33. The maximum Gasteiger partial charge on any atom is 0.163 e. The zero-order chi connectivity index (χ0) is 18.7. The molecule has 11 nitrogen and oxygen atoms in total. The van der Waals surface area contributed by atoms with Gasteiger partial charge in [0.2, 0.25) is 0 Å². The molecule has 2 fully saturated rings. The van der Waals surface area contributed by atoms with Gasteiger partial charge in [-0.25, -0.2) is 0 Å². The molecule has 25 heavy (non-hydrogen) atoms. The van der Waals surface area contributed by atoms with Gasteiger partial charge in [0.15, 0.2) is 6.29 Å². The third kappa shape index (κ3) is 4.05. The van der Waals surface area contributed by atoms with E-state index in [4.69, 9.17) is 19.7 Å². The first-order valence-electron chi connectivity index (χ1n) is 8.12. The van der Waals surface area contributed by atoms with Crippen molar-refractivity contribution in [1.82, 2.24) is 0 Å². The third-order valence-electron chi connectivity index (χ3n) is 4.83. The van der Waals surface area contributed by atoms with Gasteiger partial charge in [0.25, 0.3) is 0 Å². The zero-order valence-corrected chi connectivity index (χ0v) is 14.0. The van der Waals surface area contributed by atoms with E-state index in [-0.39, 0.29) is 0 Å². The molecule has 2 aliphatic rings. The molecule has 0 amide bonds. The van der Waals surface area contributed by atoms with Crippen LogP contribution in [0.4, 0.5) is 0 Å². The zero-order valence-electron chi connectivity index (χ0n) is 14.0. The van der Waals surface area contributed by atoms with Gasteiger partial charge in [0, 0.05) is 16.7 Å². The molecular weight excluding hydrogens is 338 g/mol. The van der Waals surface area contributed by atoms with E-state index < -0.39 is 74.2 Å². The van der Waals surface area contributed by atoms with Crippen molar-refractivity contribution in [3.05, 3.63) is 10.4 Å². The number of azide groups is 1. The molecule has 2 aliphatic heterocycles. The fourth-order valence-electron chi connectivity index (χ4n) is 3.10.